The Balaban J connectivity index is 1.41. The molecule has 2 aromatic carbocycles. The van der Waals surface area contributed by atoms with E-state index >= 15 is 0 Å². The summed E-state index contributed by atoms with van der Waals surface area (Å²) in [7, 11) is -0.725. The van der Waals surface area contributed by atoms with E-state index in [0.29, 0.717) is 6.54 Å². The molecular weight excluding hydrogens is 390 g/mol. The molecule has 0 fully saturated rings. The number of benzene rings is 2. The zero-order chi connectivity index (χ0) is 20.9. The Morgan fingerprint density at radius 1 is 1.07 bits per heavy atom. The molecule has 8 heteroatoms. The van der Waals surface area contributed by atoms with E-state index in [1.807, 2.05) is 0 Å². The molecule has 29 heavy (non-hydrogen) atoms. The van der Waals surface area contributed by atoms with Crippen LogP contribution in [0.4, 0.5) is 0 Å². The Kier molecular flexibility index (Phi) is 6.89. The molecule has 0 radical (unpaired) electrons. The first-order valence-electron chi connectivity index (χ1n) is 9.58. The number of nitrogens with one attached hydrogen (secondary N) is 1. The normalized spacial score (nSPS) is 14.0. The second-order valence-corrected chi connectivity index (χ2v) is 9.33. The van der Waals surface area contributed by atoms with Gasteiger partial charge in [-0.3, -0.25) is 9.69 Å². The number of fused-ring (bicyclic) bond motifs is 1. The maximum absolute atomic E-state index is 12.4. The summed E-state index contributed by atoms with van der Waals surface area (Å²) in [4.78, 5) is 14.5. The summed E-state index contributed by atoms with van der Waals surface area (Å²) in [5.74, 6) is -0.0991. The second kappa shape index (κ2) is 9.39. The molecule has 7 nitrogen and oxygen atoms in total. The third-order valence-corrected chi connectivity index (χ3v) is 6.70. The highest BCUT2D eigenvalue weighted by Crippen LogP contribution is 2.25. The van der Waals surface area contributed by atoms with Gasteiger partial charge in [-0.25, -0.2) is 12.7 Å². The maximum Gasteiger partial charge on any atom is 0.257 e. The number of hydrogen-bond donors (Lipinski definition) is 1. The zero-order valence-electron chi connectivity index (χ0n) is 16.8. The maximum atomic E-state index is 12.4. The minimum absolute atomic E-state index is 0.0476. The van der Waals surface area contributed by atoms with E-state index in [-0.39, 0.29) is 23.2 Å². The van der Waals surface area contributed by atoms with Gasteiger partial charge in [0.05, 0.1) is 0 Å². The van der Waals surface area contributed by atoms with Gasteiger partial charge < -0.3 is 10.1 Å². The summed E-state index contributed by atoms with van der Waals surface area (Å²) in [6.45, 7) is 3.12. The number of rotatable bonds is 9. The summed E-state index contributed by atoms with van der Waals surface area (Å²) in [5, 5.41) is 2.83. The Hall–Kier alpha value is -2.42. The molecule has 156 valence electrons. The SMILES string of the molecule is CN(C)S(=O)(=O)c1ccccc1OCC(=O)NCCCN1Cc2ccccc2C1. The van der Waals surface area contributed by atoms with Crippen LogP contribution in [0.15, 0.2) is 53.4 Å². The predicted octanol–water partition coefficient (Wildman–Crippen LogP) is 1.84. The van der Waals surface area contributed by atoms with E-state index in [4.69, 9.17) is 4.74 Å². The summed E-state index contributed by atoms with van der Waals surface area (Å²) >= 11 is 0. The van der Waals surface area contributed by atoms with Crippen molar-refractivity contribution >= 4 is 15.9 Å². The topological polar surface area (TPSA) is 78.9 Å². The number of para-hydroxylation sites is 1. The van der Waals surface area contributed by atoms with Crippen LogP contribution in [-0.2, 0) is 27.9 Å². The van der Waals surface area contributed by atoms with Gasteiger partial charge in [-0.1, -0.05) is 36.4 Å². The number of amides is 1. The standard InChI is InChI=1S/C21H27N3O4S/c1-23(2)29(26,27)20-11-6-5-10-19(20)28-16-21(25)22-12-7-13-24-14-17-8-3-4-9-18(17)15-24/h3-6,8-11H,7,12-16H2,1-2H3,(H,22,25). The molecule has 0 bridgehead atoms. The van der Waals surface area contributed by atoms with Crippen molar-refractivity contribution in [1.82, 2.24) is 14.5 Å². The molecule has 0 aromatic heterocycles. The number of carbonyl (C=O) groups is 1. The van der Waals surface area contributed by atoms with Gasteiger partial charge in [0.15, 0.2) is 6.61 Å². The average Bonchev–Trinajstić information content (AvgIpc) is 3.12. The Morgan fingerprint density at radius 2 is 1.69 bits per heavy atom. The molecule has 0 spiro atoms. The van der Waals surface area contributed by atoms with Crippen LogP contribution in [0, 0.1) is 0 Å². The zero-order valence-corrected chi connectivity index (χ0v) is 17.6. The molecule has 0 atom stereocenters. The van der Waals surface area contributed by atoms with Crippen molar-refractivity contribution in [3.05, 3.63) is 59.7 Å². The van der Waals surface area contributed by atoms with Crippen LogP contribution in [0.25, 0.3) is 0 Å². The van der Waals surface area contributed by atoms with Crippen LogP contribution in [0.1, 0.15) is 17.5 Å². The fourth-order valence-electron chi connectivity index (χ4n) is 3.27. The highest BCUT2D eigenvalue weighted by Gasteiger charge is 2.22. The molecule has 2 aromatic rings. The van der Waals surface area contributed by atoms with Crippen molar-refractivity contribution in [3.63, 3.8) is 0 Å². The van der Waals surface area contributed by atoms with Gasteiger partial charge in [0, 0.05) is 40.3 Å². The van der Waals surface area contributed by atoms with E-state index in [1.54, 1.807) is 18.2 Å². The number of sulfonamides is 1. The van der Waals surface area contributed by atoms with Crippen molar-refractivity contribution in [2.75, 3.05) is 33.8 Å². The molecule has 3 rings (SSSR count). The van der Waals surface area contributed by atoms with Crippen LogP contribution >= 0.6 is 0 Å². The van der Waals surface area contributed by atoms with Crippen LogP contribution in [-0.4, -0.2) is 57.3 Å². The van der Waals surface area contributed by atoms with Crippen molar-refractivity contribution in [2.24, 2.45) is 0 Å². The number of nitrogens with zero attached hydrogens (tertiary/aromatic N) is 2. The van der Waals surface area contributed by atoms with Gasteiger partial charge in [0.1, 0.15) is 10.6 Å². The van der Waals surface area contributed by atoms with Gasteiger partial charge in [-0.2, -0.15) is 0 Å². The fraction of sp³-hybridized carbons (Fsp3) is 0.381. The summed E-state index contributed by atoms with van der Waals surface area (Å²) in [6, 6.07) is 14.8. The molecule has 0 aliphatic carbocycles. The molecule has 1 aliphatic heterocycles. The monoisotopic (exact) mass is 417 g/mol. The minimum Gasteiger partial charge on any atom is -0.482 e. The summed E-state index contributed by atoms with van der Waals surface area (Å²) in [5.41, 5.74) is 2.74. The summed E-state index contributed by atoms with van der Waals surface area (Å²) in [6.07, 6.45) is 0.839. The largest absolute Gasteiger partial charge is 0.482 e. The van der Waals surface area contributed by atoms with E-state index in [1.165, 1.54) is 31.3 Å². The van der Waals surface area contributed by atoms with Crippen LogP contribution in [0.2, 0.25) is 0 Å². The minimum atomic E-state index is -3.64. The first kappa shape index (κ1) is 21.3. The van der Waals surface area contributed by atoms with E-state index in [2.05, 4.69) is 34.5 Å². The van der Waals surface area contributed by atoms with Crippen LogP contribution in [0.3, 0.4) is 0 Å². The smallest absolute Gasteiger partial charge is 0.257 e. The van der Waals surface area contributed by atoms with Crippen LogP contribution in [0.5, 0.6) is 5.75 Å². The molecule has 1 aliphatic rings. The predicted molar refractivity (Wildman–Crippen MR) is 111 cm³/mol. The molecule has 1 amide bonds. The Morgan fingerprint density at radius 3 is 2.34 bits per heavy atom. The van der Waals surface area contributed by atoms with Gasteiger partial charge in [-0.05, 0) is 29.7 Å². The first-order chi connectivity index (χ1) is 13.9. The van der Waals surface area contributed by atoms with E-state index in [0.717, 1.165) is 30.4 Å². The summed E-state index contributed by atoms with van der Waals surface area (Å²) < 4.78 is 31.3. The molecular formula is C21H27N3O4S. The molecule has 1 heterocycles. The number of ether oxygens (including phenoxy) is 1. The van der Waals surface area contributed by atoms with Crippen molar-refractivity contribution in [3.8, 4) is 5.75 Å². The van der Waals surface area contributed by atoms with Crippen molar-refractivity contribution in [2.45, 2.75) is 24.4 Å². The van der Waals surface area contributed by atoms with Gasteiger partial charge in [0.25, 0.3) is 5.91 Å². The Labute approximate surface area is 172 Å². The molecule has 0 unspecified atom stereocenters. The van der Waals surface area contributed by atoms with Crippen molar-refractivity contribution in [1.29, 1.82) is 0 Å². The molecule has 1 N–H and O–H groups in total. The lowest BCUT2D eigenvalue weighted by Crippen LogP contribution is -2.32. The van der Waals surface area contributed by atoms with Gasteiger partial charge in [0.2, 0.25) is 10.0 Å². The lowest BCUT2D eigenvalue weighted by atomic mass is 10.1. The number of hydrogen-bond acceptors (Lipinski definition) is 5. The van der Waals surface area contributed by atoms with Gasteiger partial charge in [-0.15, -0.1) is 0 Å². The third-order valence-electron chi connectivity index (χ3n) is 4.85. The number of carbonyl (C=O) groups excluding carboxylic acids is 1. The van der Waals surface area contributed by atoms with E-state index < -0.39 is 10.0 Å². The average molecular weight is 418 g/mol. The molecule has 0 saturated heterocycles. The third kappa shape index (κ3) is 5.35. The lowest BCUT2D eigenvalue weighted by Gasteiger charge is -2.16. The molecule has 0 saturated carbocycles. The lowest BCUT2D eigenvalue weighted by molar-refractivity contribution is -0.123. The quantitative estimate of drug-likeness (QED) is 0.630. The first-order valence-corrected chi connectivity index (χ1v) is 11.0. The van der Waals surface area contributed by atoms with Crippen LogP contribution < -0.4 is 10.1 Å². The van der Waals surface area contributed by atoms with E-state index in [9.17, 15) is 13.2 Å². The second-order valence-electron chi connectivity index (χ2n) is 7.21. The fourth-order valence-corrected chi connectivity index (χ4v) is 4.29. The van der Waals surface area contributed by atoms with Crippen molar-refractivity contribution < 1.29 is 17.9 Å². The highest BCUT2D eigenvalue weighted by molar-refractivity contribution is 7.89. The van der Waals surface area contributed by atoms with Gasteiger partial charge >= 0.3 is 0 Å². The highest BCUT2D eigenvalue weighted by atomic mass is 32.2. The Bertz CT molecular complexity index is 935.